The van der Waals surface area contributed by atoms with Crippen LogP contribution in [-0.2, 0) is 4.79 Å². The van der Waals surface area contributed by atoms with E-state index in [0.29, 0.717) is 5.70 Å². The van der Waals surface area contributed by atoms with Crippen molar-refractivity contribution in [2.45, 2.75) is 19.1 Å². The first-order valence-corrected chi connectivity index (χ1v) is 3.67. The molecule has 0 aliphatic heterocycles. The van der Waals surface area contributed by atoms with Crippen molar-refractivity contribution in [2.75, 3.05) is 0 Å². The first kappa shape index (κ1) is 9.44. The molecule has 4 heteroatoms. The summed E-state index contributed by atoms with van der Waals surface area (Å²) < 4.78 is 0. The zero-order chi connectivity index (χ0) is 8.15. The van der Waals surface area contributed by atoms with E-state index in [9.17, 15) is 4.79 Å². The second-order valence-corrected chi connectivity index (χ2v) is 3.19. The van der Waals surface area contributed by atoms with E-state index in [2.05, 4.69) is 21.1 Å². The Hall–Kier alpha value is -0.560. The lowest BCUT2D eigenvalue weighted by Crippen LogP contribution is -2.28. The van der Waals surface area contributed by atoms with E-state index in [4.69, 9.17) is 5.73 Å². The van der Waals surface area contributed by atoms with Crippen molar-refractivity contribution in [3.63, 3.8) is 0 Å². The fraction of sp³-hybridized carbons (Fsp3) is 0.500. The number of rotatable bonds is 3. The molecule has 58 valence electrons. The molecule has 0 aromatic carbocycles. The molecule has 0 rings (SSSR count). The summed E-state index contributed by atoms with van der Waals surface area (Å²) in [6.45, 7) is 5.28. The minimum absolute atomic E-state index is 0.0880. The number of carbonyl (C=O) groups is 1. The third-order valence-corrected chi connectivity index (χ3v) is 0.943. The largest absolute Gasteiger partial charge is 0.402 e. The minimum Gasteiger partial charge on any atom is -0.402 e. The highest BCUT2D eigenvalue weighted by Gasteiger charge is 2.01. The Morgan fingerprint density at radius 1 is 1.90 bits per heavy atom. The Morgan fingerprint density at radius 2 is 2.40 bits per heavy atom. The van der Waals surface area contributed by atoms with Gasteiger partial charge in [-0.25, -0.2) is 0 Å². The smallest absolute Gasteiger partial charge is 0.226 e. The number of amides is 1. The number of nitrogens with one attached hydrogen (secondary N) is 1. The molecule has 0 fully saturated rings. The van der Waals surface area contributed by atoms with Gasteiger partial charge in [0.25, 0.3) is 0 Å². The van der Waals surface area contributed by atoms with Crippen molar-refractivity contribution >= 4 is 15.1 Å². The quantitative estimate of drug-likeness (QED) is 0.579. The average molecular weight is 160 g/mol. The van der Waals surface area contributed by atoms with E-state index in [1.54, 1.807) is 0 Å². The Labute approximate surface area is 63.3 Å². The molecule has 0 heterocycles. The molecular weight excluding hydrogens is 147 g/mol. The fourth-order valence-electron chi connectivity index (χ4n) is 0.511. The summed E-state index contributed by atoms with van der Waals surface area (Å²) >= 11 is 0. The zero-order valence-electron chi connectivity index (χ0n) is 6.05. The van der Waals surface area contributed by atoms with Gasteiger partial charge in [0.15, 0.2) is 0 Å². The van der Waals surface area contributed by atoms with Crippen LogP contribution in [0.4, 0.5) is 0 Å². The first-order chi connectivity index (χ1) is 4.52. The summed E-state index contributed by atoms with van der Waals surface area (Å²) in [7, 11) is 2.46. The molecule has 0 saturated carbocycles. The lowest BCUT2D eigenvalue weighted by Gasteiger charge is -2.06. The maximum atomic E-state index is 10.8. The molecule has 0 aromatic heterocycles. The van der Waals surface area contributed by atoms with Crippen LogP contribution < -0.4 is 11.1 Å². The third-order valence-electron chi connectivity index (χ3n) is 0.776. The van der Waals surface area contributed by atoms with Gasteiger partial charge >= 0.3 is 0 Å². The van der Waals surface area contributed by atoms with Crippen LogP contribution in [0.15, 0.2) is 12.3 Å². The monoisotopic (exact) mass is 160 g/mol. The standard InChI is InChI=1S/C6H13N2OP/c1-4(7)3-6(9)8-5(2)10/h5H,1,3,7,10H2,2H3,(H,8,9)/t5-/m0/s1. The lowest BCUT2D eigenvalue weighted by atomic mass is 10.3. The van der Waals surface area contributed by atoms with Gasteiger partial charge in [-0.3, -0.25) is 4.79 Å². The summed E-state index contributed by atoms with van der Waals surface area (Å²) in [4.78, 5) is 10.8. The van der Waals surface area contributed by atoms with E-state index >= 15 is 0 Å². The van der Waals surface area contributed by atoms with Crippen LogP contribution in [0.5, 0.6) is 0 Å². The van der Waals surface area contributed by atoms with Crippen molar-refractivity contribution in [1.29, 1.82) is 0 Å². The van der Waals surface area contributed by atoms with Crippen LogP contribution >= 0.6 is 9.24 Å². The van der Waals surface area contributed by atoms with E-state index in [1.807, 2.05) is 6.92 Å². The molecule has 2 atom stereocenters. The van der Waals surface area contributed by atoms with Gasteiger partial charge in [-0.1, -0.05) is 6.58 Å². The van der Waals surface area contributed by atoms with E-state index < -0.39 is 0 Å². The highest BCUT2D eigenvalue weighted by Crippen LogP contribution is 1.94. The molecule has 1 unspecified atom stereocenters. The van der Waals surface area contributed by atoms with Crippen molar-refractivity contribution in [2.24, 2.45) is 5.73 Å². The number of nitrogens with two attached hydrogens (primary N) is 1. The minimum atomic E-state index is -0.0880. The van der Waals surface area contributed by atoms with Crippen LogP contribution in [0.3, 0.4) is 0 Å². The van der Waals surface area contributed by atoms with Gasteiger partial charge < -0.3 is 11.1 Å². The summed E-state index contributed by atoms with van der Waals surface area (Å²) in [5.41, 5.74) is 5.60. The molecule has 3 N–H and O–H groups in total. The first-order valence-electron chi connectivity index (χ1n) is 3.00. The summed E-state index contributed by atoms with van der Waals surface area (Å²) in [5, 5.41) is 2.66. The number of hydrogen-bond acceptors (Lipinski definition) is 2. The van der Waals surface area contributed by atoms with E-state index in [-0.39, 0.29) is 18.1 Å². The van der Waals surface area contributed by atoms with Crippen molar-refractivity contribution < 1.29 is 4.79 Å². The second kappa shape index (κ2) is 4.29. The molecule has 0 spiro atoms. The highest BCUT2D eigenvalue weighted by atomic mass is 31.0. The fourth-order valence-corrected chi connectivity index (χ4v) is 0.697. The Bertz CT molecular complexity index is 145. The second-order valence-electron chi connectivity index (χ2n) is 2.19. The van der Waals surface area contributed by atoms with Gasteiger partial charge in [0, 0.05) is 11.5 Å². The SMILES string of the molecule is C=C(N)CC(=O)N[C@H](C)P. The predicted molar refractivity (Wildman–Crippen MR) is 45.3 cm³/mol. The molecule has 3 nitrogen and oxygen atoms in total. The van der Waals surface area contributed by atoms with Gasteiger partial charge in [0.05, 0.1) is 6.42 Å². The van der Waals surface area contributed by atoms with Gasteiger partial charge in [-0.05, 0) is 6.92 Å². The van der Waals surface area contributed by atoms with Crippen LogP contribution in [0.1, 0.15) is 13.3 Å². The highest BCUT2D eigenvalue weighted by molar-refractivity contribution is 7.17. The van der Waals surface area contributed by atoms with Gasteiger partial charge in [-0.15, -0.1) is 9.24 Å². The van der Waals surface area contributed by atoms with Crippen molar-refractivity contribution in [1.82, 2.24) is 5.32 Å². The molecule has 0 saturated heterocycles. The van der Waals surface area contributed by atoms with Gasteiger partial charge in [0.2, 0.25) is 5.91 Å². The van der Waals surface area contributed by atoms with Crippen LogP contribution in [0.2, 0.25) is 0 Å². The summed E-state index contributed by atoms with van der Waals surface area (Å²) in [6.07, 6.45) is 0.207. The Balaban J connectivity index is 3.54. The zero-order valence-corrected chi connectivity index (χ0v) is 7.21. The molecule has 0 aromatic rings. The summed E-state index contributed by atoms with van der Waals surface area (Å²) in [5.74, 6) is 0.00171. The van der Waals surface area contributed by atoms with Crippen LogP contribution in [0.25, 0.3) is 0 Å². The lowest BCUT2D eigenvalue weighted by molar-refractivity contribution is -0.120. The van der Waals surface area contributed by atoms with Crippen molar-refractivity contribution in [3.05, 3.63) is 12.3 Å². The van der Waals surface area contributed by atoms with Crippen LogP contribution in [0, 0.1) is 0 Å². The third kappa shape index (κ3) is 5.57. The normalized spacial score (nSPS) is 12.2. The van der Waals surface area contributed by atoms with Crippen LogP contribution in [-0.4, -0.2) is 11.7 Å². The maximum absolute atomic E-state index is 10.8. The molecule has 0 aliphatic carbocycles. The predicted octanol–water partition coefficient (Wildman–Crippen LogP) is 0.186. The summed E-state index contributed by atoms with van der Waals surface area (Å²) in [6, 6.07) is 0. The number of hydrogen-bond donors (Lipinski definition) is 2. The molecule has 10 heavy (non-hydrogen) atoms. The van der Waals surface area contributed by atoms with Gasteiger partial charge in [-0.2, -0.15) is 0 Å². The Morgan fingerprint density at radius 3 is 2.70 bits per heavy atom. The average Bonchev–Trinajstić information content (AvgIpc) is 1.58. The molecule has 1 amide bonds. The molecular formula is C6H13N2OP. The number of carbonyl (C=O) groups excluding carboxylic acids is 1. The maximum Gasteiger partial charge on any atom is 0.226 e. The molecule has 0 radical (unpaired) electrons. The van der Waals surface area contributed by atoms with E-state index in [1.165, 1.54) is 0 Å². The topological polar surface area (TPSA) is 55.1 Å². The van der Waals surface area contributed by atoms with E-state index in [0.717, 1.165) is 0 Å². The van der Waals surface area contributed by atoms with Gasteiger partial charge in [0.1, 0.15) is 0 Å². The van der Waals surface area contributed by atoms with Crippen molar-refractivity contribution in [3.8, 4) is 0 Å². The molecule has 0 bridgehead atoms. The Kier molecular flexibility index (Phi) is 4.05. The molecule has 0 aliphatic rings.